The van der Waals surface area contributed by atoms with Crippen molar-refractivity contribution in [2.24, 2.45) is 10.9 Å². The van der Waals surface area contributed by atoms with Gasteiger partial charge in [0.25, 0.3) is 0 Å². The lowest BCUT2D eigenvalue weighted by molar-refractivity contribution is 0.255. The molecular formula is C20H36N6S. The summed E-state index contributed by atoms with van der Waals surface area (Å²) in [5.74, 6) is 1.80. The highest BCUT2D eigenvalue weighted by atomic mass is 32.1. The molecule has 2 aliphatic rings. The van der Waals surface area contributed by atoms with Gasteiger partial charge >= 0.3 is 0 Å². The van der Waals surface area contributed by atoms with Crippen molar-refractivity contribution in [3.63, 3.8) is 0 Å². The topological polar surface area (TPSA) is 47.0 Å². The minimum Gasteiger partial charge on any atom is -0.356 e. The van der Waals surface area contributed by atoms with Gasteiger partial charge in [0.15, 0.2) is 11.1 Å². The van der Waals surface area contributed by atoms with Crippen molar-refractivity contribution in [2.45, 2.75) is 39.5 Å². The van der Waals surface area contributed by atoms with E-state index in [1.54, 1.807) is 11.3 Å². The lowest BCUT2D eigenvalue weighted by atomic mass is 10.1. The Balaban J connectivity index is 1.42. The first-order valence-electron chi connectivity index (χ1n) is 10.6. The molecule has 3 heterocycles. The highest BCUT2D eigenvalue weighted by Gasteiger charge is 2.25. The first kappa shape index (κ1) is 20.4. The van der Waals surface area contributed by atoms with E-state index in [0.717, 1.165) is 51.0 Å². The van der Waals surface area contributed by atoms with Gasteiger partial charge in [-0.25, -0.2) is 4.98 Å². The highest BCUT2D eigenvalue weighted by Crippen LogP contribution is 2.24. The fourth-order valence-corrected chi connectivity index (χ4v) is 5.03. The zero-order chi connectivity index (χ0) is 19.1. The Morgan fingerprint density at radius 3 is 2.78 bits per heavy atom. The Kier molecular flexibility index (Phi) is 7.76. The standard InChI is InChI=1S/C20H36N6S/c1-4-24(5-2)14-17-9-13-26(15-17)19(21-3)22-10-8-18-16-27-20(23-18)25-11-6-7-12-25/h16-17H,4-15H2,1-3H3,(H,21,22). The van der Waals surface area contributed by atoms with Crippen LogP contribution in [0.25, 0.3) is 0 Å². The average molecular weight is 393 g/mol. The summed E-state index contributed by atoms with van der Waals surface area (Å²) < 4.78 is 0. The summed E-state index contributed by atoms with van der Waals surface area (Å²) in [6.07, 6.45) is 4.83. The summed E-state index contributed by atoms with van der Waals surface area (Å²) in [5.41, 5.74) is 1.20. The van der Waals surface area contributed by atoms with Gasteiger partial charge in [-0.2, -0.15) is 0 Å². The molecule has 0 saturated carbocycles. The third kappa shape index (κ3) is 5.57. The quantitative estimate of drug-likeness (QED) is 0.544. The summed E-state index contributed by atoms with van der Waals surface area (Å²) in [7, 11) is 1.90. The Bertz CT molecular complexity index is 591. The van der Waals surface area contributed by atoms with E-state index < -0.39 is 0 Å². The molecule has 0 aromatic carbocycles. The number of anilines is 1. The smallest absolute Gasteiger partial charge is 0.193 e. The van der Waals surface area contributed by atoms with E-state index >= 15 is 0 Å². The zero-order valence-corrected chi connectivity index (χ0v) is 18.1. The molecular weight excluding hydrogens is 356 g/mol. The van der Waals surface area contributed by atoms with E-state index in [0.29, 0.717) is 0 Å². The highest BCUT2D eigenvalue weighted by molar-refractivity contribution is 7.13. The number of aliphatic imine (C=N–C) groups is 1. The van der Waals surface area contributed by atoms with Gasteiger partial charge in [0.05, 0.1) is 5.69 Å². The monoisotopic (exact) mass is 392 g/mol. The van der Waals surface area contributed by atoms with Crippen LogP contribution in [0, 0.1) is 5.92 Å². The first-order valence-corrected chi connectivity index (χ1v) is 11.5. The maximum atomic E-state index is 4.82. The molecule has 7 heteroatoms. The van der Waals surface area contributed by atoms with Gasteiger partial charge in [0.2, 0.25) is 0 Å². The summed E-state index contributed by atoms with van der Waals surface area (Å²) in [6, 6.07) is 0. The number of hydrogen-bond donors (Lipinski definition) is 1. The molecule has 6 nitrogen and oxygen atoms in total. The molecule has 27 heavy (non-hydrogen) atoms. The van der Waals surface area contributed by atoms with Crippen LogP contribution in [0.2, 0.25) is 0 Å². The molecule has 1 aromatic heterocycles. The second-order valence-corrected chi connectivity index (χ2v) is 8.46. The van der Waals surface area contributed by atoms with Gasteiger partial charge in [-0.15, -0.1) is 11.3 Å². The van der Waals surface area contributed by atoms with Crippen LogP contribution in [0.3, 0.4) is 0 Å². The maximum Gasteiger partial charge on any atom is 0.193 e. The van der Waals surface area contributed by atoms with Crippen LogP contribution >= 0.6 is 11.3 Å². The second-order valence-electron chi connectivity index (χ2n) is 7.63. The van der Waals surface area contributed by atoms with Crippen molar-refractivity contribution < 1.29 is 0 Å². The van der Waals surface area contributed by atoms with E-state index in [2.05, 4.69) is 44.2 Å². The predicted octanol–water partition coefficient (Wildman–Crippen LogP) is 2.52. The maximum absolute atomic E-state index is 4.82. The molecule has 1 N–H and O–H groups in total. The number of hydrogen-bond acceptors (Lipinski definition) is 5. The molecule has 3 rings (SSSR count). The van der Waals surface area contributed by atoms with Gasteiger partial charge in [0, 0.05) is 58.1 Å². The number of guanidine groups is 1. The second kappa shape index (κ2) is 10.3. The molecule has 0 amide bonds. The third-order valence-corrected chi connectivity index (χ3v) is 6.74. The fraction of sp³-hybridized carbons (Fsp3) is 0.800. The van der Waals surface area contributed by atoms with Crippen LogP contribution in [0.5, 0.6) is 0 Å². The molecule has 152 valence electrons. The van der Waals surface area contributed by atoms with Crippen LogP contribution in [-0.4, -0.2) is 80.1 Å². The van der Waals surface area contributed by atoms with Crippen molar-refractivity contribution in [3.8, 4) is 0 Å². The molecule has 1 aromatic rings. The van der Waals surface area contributed by atoms with Crippen molar-refractivity contribution >= 4 is 22.4 Å². The summed E-state index contributed by atoms with van der Waals surface area (Å²) in [6.45, 7) is 13.5. The van der Waals surface area contributed by atoms with Crippen molar-refractivity contribution in [1.29, 1.82) is 0 Å². The van der Waals surface area contributed by atoms with E-state index in [1.165, 1.54) is 49.7 Å². The molecule has 0 radical (unpaired) electrons. The predicted molar refractivity (Wildman–Crippen MR) is 116 cm³/mol. The summed E-state index contributed by atoms with van der Waals surface area (Å²) in [5, 5.41) is 6.97. The molecule has 1 atom stereocenters. The number of nitrogens with zero attached hydrogens (tertiary/aromatic N) is 5. The fourth-order valence-electron chi connectivity index (χ4n) is 4.12. The largest absolute Gasteiger partial charge is 0.356 e. The molecule has 2 saturated heterocycles. The molecule has 0 spiro atoms. The molecule has 0 aliphatic carbocycles. The minimum absolute atomic E-state index is 0.755. The third-order valence-electron chi connectivity index (χ3n) is 5.79. The van der Waals surface area contributed by atoms with E-state index in [1.807, 2.05) is 7.05 Å². The van der Waals surface area contributed by atoms with Crippen molar-refractivity contribution in [3.05, 3.63) is 11.1 Å². The van der Waals surface area contributed by atoms with Crippen molar-refractivity contribution in [1.82, 2.24) is 20.1 Å². The van der Waals surface area contributed by atoms with Crippen LogP contribution in [-0.2, 0) is 6.42 Å². The van der Waals surface area contributed by atoms with Gasteiger partial charge < -0.3 is 20.0 Å². The summed E-state index contributed by atoms with van der Waals surface area (Å²) in [4.78, 5) is 16.7. The number of aromatic nitrogens is 1. The number of thiazole rings is 1. The van der Waals surface area contributed by atoms with Gasteiger partial charge in [-0.05, 0) is 38.3 Å². The van der Waals surface area contributed by atoms with Gasteiger partial charge in [-0.3, -0.25) is 4.99 Å². The molecule has 2 fully saturated rings. The normalized spacial score (nSPS) is 20.9. The van der Waals surface area contributed by atoms with Crippen LogP contribution in [0.15, 0.2) is 10.4 Å². The van der Waals surface area contributed by atoms with Crippen molar-refractivity contribution in [2.75, 3.05) is 64.3 Å². The molecule has 0 bridgehead atoms. The van der Waals surface area contributed by atoms with Crippen LogP contribution < -0.4 is 10.2 Å². The minimum atomic E-state index is 0.755. The Morgan fingerprint density at radius 1 is 1.30 bits per heavy atom. The SMILES string of the molecule is CCN(CC)CC1CCN(C(=NC)NCCc2csc(N3CCCC3)n2)C1. The molecule has 2 aliphatic heterocycles. The average Bonchev–Trinajstić information content (AvgIpc) is 3.44. The Labute approximate surface area is 168 Å². The van der Waals surface area contributed by atoms with E-state index in [4.69, 9.17) is 4.98 Å². The van der Waals surface area contributed by atoms with E-state index in [9.17, 15) is 0 Å². The van der Waals surface area contributed by atoms with Crippen LogP contribution in [0.4, 0.5) is 5.13 Å². The summed E-state index contributed by atoms with van der Waals surface area (Å²) >= 11 is 1.79. The van der Waals surface area contributed by atoms with Gasteiger partial charge in [0.1, 0.15) is 0 Å². The zero-order valence-electron chi connectivity index (χ0n) is 17.3. The number of likely N-dealkylation sites (tertiary alicyclic amines) is 1. The first-order chi connectivity index (χ1) is 13.2. The van der Waals surface area contributed by atoms with Crippen LogP contribution in [0.1, 0.15) is 38.8 Å². The Morgan fingerprint density at radius 2 is 2.07 bits per heavy atom. The van der Waals surface area contributed by atoms with E-state index in [-0.39, 0.29) is 0 Å². The van der Waals surface area contributed by atoms with Gasteiger partial charge in [-0.1, -0.05) is 13.8 Å². The number of nitrogens with one attached hydrogen (secondary N) is 1. The lowest BCUT2D eigenvalue weighted by Crippen LogP contribution is -2.41. The molecule has 1 unspecified atom stereocenters. The lowest BCUT2D eigenvalue weighted by Gasteiger charge is -2.24. The Hall–Kier alpha value is -1.34. The number of rotatable bonds is 8.